The topological polar surface area (TPSA) is 103 Å². The summed E-state index contributed by atoms with van der Waals surface area (Å²) in [7, 11) is 0. The van der Waals surface area contributed by atoms with Crippen molar-refractivity contribution in [1.29, 1.82) is 0 Å². The summed E-state index contributed by atoms with van der Waals surface area (Å²) >= 11 is 0. The molecule has 0 saturated heterocycles. The number of nitrogens with zero attached hydrogens (tertiary/aromatic N) is 2. The molecule has 0 fully saturated rings. The van der Waals surface area contributed by atoms with E-state index in [0.29, 0.717) is 17.1 Å². The molecule has 23 heavy (non-hydrogen) atoms. The Labute approximate surface area is 133 Å². The van der Waals surface area contributed by atoms with E-state index in [1.54, 1.807) is 6.07 Å². The summed E-state index contributed by atoms with van der Waals surface area (Å²) in [5, 5.41) is 19.2. The Bertz CT molecular complexity index is 696. The first-order valence-electron chi connectivity index (χ1n) is 6.83. The number of hydrogen-bond acceptors (Lipinski definition) is 5. The van der Waals surface area contributed by atoms with Gasteiger partial charge in [-0.3, -0.25) is 15.1 Å². The molecule has 0 bridgehead atoms. The predicted molar refractivity (Wildman–Crippen MR) is 85.4 cm³/mol. The van der Waals surface area contributed by atoms with Crippen molar-refractivity contribution >= 4 is 17.7 Å². The van der Waals surface area contributed by atoms with Crippen LogP contribution >= 0.6 is 0 Å². The second kappa shape index (κ2) is 8.93. The van der Waals surface area contributed by atoms with Crippen molar-refractivity contribution in [3.63, 3.8) is 0 Å². The highest BCUT2D eigenvalue weighted by Crippen LogP contribution is 2.26. The Balaban J connectivity index is 0.00000127. The number of hydrogen-bond donors (Lipinski definition) is 1. The third-order valence-electron chi connectivity index (χ3n) is 2.49. The fourth-order valence-electron chi connectivity index (χ4n) is 1.54. The summed E-state index contributed by atoms with van der Waals surface area (Å²) in [5.74, 6) is -0.284. The molecule has 2 rings (SSSR count). The maximum Gasteiger partial charge on any atom is 0.328 e. The van der Waals surface area contributed by atoms with Crippen LogP contribution in [0.5, 0.6) is 11.5 Å². The molecule has 0 unspecified atom stereocenters. The minimum absolute atomic E-state index is 0.0388. The van der Waals surface area contributed by atoms with Crippen LogP contribution in [0.2, 0.25) is 0 Å². The smallest absolute Gasteiger partial charge is 0.328 e. The van der Waals surface area contributed by atoms with Crippen molar-refractivity contribution in [2.24, 2.45) is 0 Å². The number of non-ortho nitro benzene ring substituents is 1. The van der Waals surface area contributed by atoms with Gasteiger partial charge in [-0.25, -0.2) is 4.79 Å². The van der Waals surface area contributed by atoms with Crippen molar-refractivity contribution in [3.8, 4) is 11.5 Å². The normalized spacial score (nSPS) is 9.83. The van der Waals surface area contributed by atoms with Crippen molar-refractivity contribution in [1.82, 2.24) is 4.98 Å². The van der Waals surface area contributed by atoms with E-state index >= 15 is 0 Å². The zero-order chi connectivity index (χ0) is 17.2. The zero-order valence-corrected chi connectivity index (χ0v) is 12.7. The zero-order valence-electron chi connectivity index (χ0n) is 12.7. The number of aromatic nitrogens is 1. The lowest BCUT2D eigenvalue weighted by atomic mass is 10.2. The molecule has 7 heteroatoms. The van der Waals surface area contributed by atoms with Gasteiger partial charge in [0.1, 0.15) is 11.5 Å². The van der Waals surface area contributed by atoms with Crippen molar-refractivity contribution < 1.29 is 19.6 Å². The standard InChI is InChI=1S/C14H10N2O5.C2H6/c17-14(18)6-1-10-9-15-8-7-13(10)21-12-4-2-11(3-5-12)16(19)20;1-2/h1-9H,(H,17,18);1-2H3/b6-1+;. The van der Waals surface area contributed by atoms with Crippen LogP contribution < -0.4 is 4.74 Å². The number of pyridine rings is 1. The molecule has 0 aliphatic heterocycles. The number of benzene rings is 1. The number of nitro benzene ring substituents is 1. The van der Waals surface area contributed by atoms with Crippen LogP contribution in [-0.2, 0) is 4.79 Å². The van der Waals surface area contributed by atoms with Gasteiger partial charge in [0.15, 0.2) is 0 Å². The van der Waals surface area contributed by atoms with Crippen LogP contribution in [0.25, 0.3) is 6.08 Å². The van der Waals surface area contributed by atoms with Crippen LogP contribution in [0, 0.1) is 10.1 Å². The molecule has 0 amide bonds. The van der Waals surface area contributed by atoms with Crippen LogP contribution in [0.4, 0.5) is 5.69 Å². The molecule has 1 heterocycles. The van der Waals surface area contributed by atoms with Gasteiger partial charge in [0.05, 0.1) is 4.92 Å². The van der Waals surface area contributed by atoms with Crippen LogP contribution in [0.1, 0.15) is 19.4 Å². The maximum absolute atomic E-state index is 10.6. The molecule has 0 radical (unpaired) electrons. The fourth-order valence-corrected chi connectivity index (χ4v) is 1.54. The van der Waals surface area contributed by atoms with Gasteiger partial charge in [-0.1, -0.05) is 13.8 Å². The number of rotatable bonds is 5. The lowest BCUT2D eigenvalue weighted by molar-refractivity contribution is -0.384. The van der Waals surface area contributed by atoms with E-state index in [4.69, 9.17) is 9.84 Å². The Hall–Kier alpha value is -3.22. The van der Waals surface area contributed by atoms with Crippen molar-refractivity contribution in [2.45, 2.75) is 13.8 Å². The number of ether oxygens (including phenoxy) is 1. The minimum Gasteiger partial charge on any atom is -0.478 e. The van der Waals surface area contributed by atoms with Crippen LogP contribution in [-0.4, -0.2) is 21.0 Å². The predicted octanol–water partition coefficient (Wildman–Crippen LogP) is 3.91. The lowest BCUT2D eigenvalue weighted by Crippen LogP contribution is -1.91. The molecular weight excluding hydrogens is 300 g/mol. The van der Waals surface area contributed by atoms with Gasteiger partial charge in [0.2, 0.25) is 0 Å². The molecule has 0 aliphatic carbocycles. The summed E-state index contributed by atoms with van der Waals surface area (Å²) in [6, 6.07) is 7.14. The molecule has 0 saturated carbocycles. The number of carboxylic acid groups (broad SMARTS) is 1. The quantitative estimate of drug-likeness (QED) is 0.509. The first-order valence-corrected chi connectivity index (χ1v) is 6.83. The third kappa shape index (κ3) is 5.58. The Morgan fingerprint density at radius 3 is 2.48 bits per heavy atom. The second-order valence-electron chi connectivity index (χ2n) is 3.94. The van der Waals surface area contributed by atoms with E-state index < -0.39 is 10.9 Å². The number of carbonyl (C=O) groups is 1. The first-order chi connectivity index (χ1) is 11.1. The molecule has 2 aromatic rings. The summed E-state index contributed by atoms with van der Waals surface area (Å²) < 4.78 is 5.57. The highest BCUT2D eigenvalue weighted by molar-refractivity contribution is 5.85. The van der Waals surface area contributed by atoms with E-state index in [1.165, 1.54) is 42.7 Å². The van der Waals surface area contributed by atoms with E-state index in [2.05, 4.69) is 4.98 Å². The van der Waals surface area contributed by atoms with Gasteiger partial charge in [-0.2, -0.15) is 0 Å². The highest BCUT2D eigenvalue weighted by Gasteiger charge is 2.07. The molecule has 7 nitrogen and oxygen atoms in total. The van der Waals surface area contributed by atoms with Gasteiger partial charge in [0.25, 0.3) is 5.69 Å². The van der Waals surface area contributed by atoms with Gasteiger partial charge >= 0.3 is 5.97 Å². The summed E-state index contributed by atoms with van der Waals surface area (Å²) in [6.45, 7) is 4.00. The number of carboxylic acids is 1. The Morgan fingerprint density at radius 1 is 1.26 bits per heavy atom. The average molecular weight is 316 g/mol. The van der Waals surface area contributed by atoms with Gasteiger partial charge in [-0.15, -0.1) is 0 Å². The summed E-state index contributed by atoms with van der Waals surface area (Å²) in [6.07, 6.45) is 5.29. The third-order valence-corrected chi connectivity index (χ3v) is 2.49. The molecule has 120 valence electrons. The van der Waals surface area contributed by atoms with Gasteiger partial charge in [-0.05, 0) is 24.3 Å². The van der Waals surface area contributed by atoms with Crippen LogP contribution in [0.3, 0.4) is 0 Å². The Morgan fingerprint density at radius 2 is 1.91 bits per heavy atom. The molecular formula is C16H16N2O5. The van der Waals surface area contributed by atoms with Crippen LogP contribution in [0.15, 0.2) is 48.8 Å². The lowest BCUT2D eigenvalue weighted by Gasteiger charge is -2.07. The highest BCUT2D eigenvalue weighted by atomic mass is 16.6. The monoisotopic (exact) mass is 316 g/mol. The van der Waals surface area contributed by atoms with E-state index in [-0.39, 0.29) is 5.69 Å². The second-order valence-corrected chi connectivity index (χ2v) is 3.94. The van der Waals surface area contributed by atoms with Gasteiger partial charge in [0, 0.05) is 36.2 Å². The van der Waals surface area contributed by atoms with Crippen molar-refractivity contribution in [2.75, 3.05) is 0 Å². The molecule has 0 spiro atoms. The maximum atomic E-state index is 10.6. The average Bonchev–Trinajstić information content (AvgIpc) is 2.56. The Kier molecular flexibility index (Phi) is 6.93. The molecule has 1 aromatic heterocycles. The number of nitro groups is 1. The van der Waals surface area contributed by atoms with E-state index in [0.717, 1.165) is 6.08 Å². The SMILES string of the molecule is CC.O=C(O)/C=C/c1cnccc1Oc1ccc([N+](=O)[O-])cc1. The van der Waals surface area contributed by atoms with E-state index in [1.807, 2.05) is 13.8 Å². The minimum atomic E-state index is -1.08. The largest absolute Gasteiger partial charge is 0.478 e. The summed E-state index contributed by atoms with van der Waals surface area (Å²) in [5.41, 5.74) is 0.446. The molecule has 1 aromatic carbocycles. The van der Waals surface area contributed by atoms with E-state index in [9.17, 15) is 14.9 Å². The molecule has 1 N–H and O–H groups in total. The number of aliphatic carboxylic acids is 1. The summed E-state index contributed by atoms with van der Waals surface area (Å²) in [4.78, 5) is 24.5. The fraction of sp³-hybridized carbons (Fsp3) is 0.125. The molecule has 0 aliphatic rings. The first kappa shape index (κ1) is 17.8. The van der Waals surface area contributed by atoms with Crippen molar-refractivity contribution in [3.05, 3.63) is 64.5 Å². The van der Waals surface area contributed by atoms with Gasteiger partial charge < -0.3 is 9.84 Å². The molecule has 0 atom stereocenters.